The van der Waals surface area contributed by atoms with Crippen molar-refractivity contribution >= 4 is 17.9 Å². The molecule has 0 aliphatic carbocycles. The number of carbonyl (C=O) groups is 3. The van der Waals surface area contributed by atoms with E-state index in [1.807, 2.05) is 0 Å². The van der Waals surface area contributed by atoms with Gasteiger partial charge in [-0.1, -0.05) is 12.1 Å². The second-order valence-electron chi connectivity index (χ2n) is 6.98. The molecule has 3 amide bonds. The van der Waals surface area contributed by atoms with Crippen LogP contribution in [0.15, 0.2) is 35.5 Å². The zero-order valence-corrected chi connectivity index (χ0v) is 16.5. The van der Waals surface area contributed by atoms with Crippen molar-refractivity contribution in [1.82, 2.24) is 20.4 Å². The fraction of sp³-hybridized carbons (Fsp3) is 0.450. The molecule has 0 spiro atoms. The summed E-state index contributed by atoms with van der Waals surface area (Å²) in [6.45, 7) is 6.13. The van der Waals surface area contributed by atoms with Gasteiger partial charge >= 0.3 is 12.0 Å². The molecule has 0 bridgehead atoms. The molecule has 156 valence electrons. The lowest BCUT2D eigenvalue weighted by atomic mass is 9.95. The maximum absolute atomic E-state index is 13.8. The molecule has 1 aromatic rings. The number of benzene rings is 1. The van der Waals surface area contributed by atoms with E-state index >= 15 is 0 Å². The number of rotatable bonds is 5. The van der Waals surface area contributed by atoms with Crippen LogP contribution in [0.1, 0.15) is 25.5 Å². The largest absolute Gasteiger partial charge is 0.463 e. The highest BCUT2D eigenvalue weighted by Crippen LogP contribution is 2.28. The molecule has 9 heteroatoms. The van der Waals surface area contributed by atoms with E-state index in [1.54, 1.807) is 17.9 Å². The number of esters is 1. The van der Waals surface area contributed by atoms with Crippen LogP contribution in [-0.2, 0) is 14.3 Å². The monoisotopic (exact) mass is 404 g/mol. The number of ether oxygens (including phenoxy) is 1. The van der Waals surface area contributed by atoms with Crippen molar-refractivity contribution in [2.75, 3.05) is 39.3 Å². The van der Waals surface area contributed by atoms with Crippen molar-refractivity contribution in [1.29, 1.82) is 0 Å². The average Bonchev–Trinajstić information content (AvgIpc) is 2.68. The Morgan fingerprint density at radius 3 is 2.59 bits per heavy atom. The van der Waals surface area contributed by atoms with Crippen LogP contribution in [0.2, 0.25) is 0 Å². The zero-order valence-electron chi connectivity index (χ0n) is 16.5. The minimum atomic E-state index is -0.813. The number of carbonyl (C=O) groups excluding carboxylic acids is 3. The van der Waals surface area contributed by atoms with Gasteiger partial charge in [0.25, 0.3) is 0 Å². The van der Waals surface area contributed by atoms with E-state index in [0.717, 1.165) is 0 Å². The molecule has 2 aliphatic rings. The van der Waals surface area contributed by atoms with E-state index in [4.69, 9.17) is 4.74 Å². The molecular weight excluding hydrogens is 379 g/mol. The summed E-state index contributed by atoms with van der Waals surface area (Å²) in [4.78, 5) is 40.3. The summed E-state index contributed by atoms with van der Waals surface area (Å²) in [5, 5.41) is 5.41. The first-order valence-electron chi connectivity index (χ1n) is 9.60. The van der Waals surface area contributed by atoms with Crippen LogP contribution < -0.4 is 10.6 Å². The standard InChI is InChI=1S/C20H25FN4O4/c1-3-29-19(27)17-16(12-24-7-9-25(10-8-24)13(2)26)22-20(28)23-18(17)14-5-4-6-15(21)11-14/h4-6,11,18H,3,7-10,12H2,1-2H3,(H2,22,23,28)/t18-/m0/s1. The molecule has 1 fully saturated rings. The maximum Gasteiger partial charge on any atom is 0.338 e. The second kappa shape index (κ2) is 9.04. The molecule has 3 rings (SSSR count). The number of amides is 3. The third-order valence-electron chi connectivity index (χ3n) is 5.03. The van der Waals surface area contributed by atoms with Crippen molar-refractivity contribution in [3.8, 4) is 0 Å². The molecule has 0 radical (unpaired) electrons. The van der Waals surface area contributed by atoms with Gasteiger partial charge < -0.3 is 20.3 Å². The highest BCUT2D eigenvalue weighted by Gasteiger charge is 2.35. The maximum atomic E-state index is 13.8. The molecule has 29 heavy (non-hydrogen) atoms. The van der Waals surface area contributed by atoms with Crippen LogP contribution in [0.4, 0.5) is 9.18 Å². The Morgan fingerprint density at radius 2 is 1.97 bits per heavy atom. The third-order valence-corrected chi connectivity index (χ3v) is 5.03. The van der Waals surface area contributed by atoms with Crippen LogP contribution in [0, 0.1) is 5.82 Å². The van der Waals surface area contributed by atoms with E-state index in [1.165, 1.54) is 25.1 Å². The number of nitrogens with zero attached hydrogens (tertiary/aromatic N) is 2. The van der Waals surface area contributed by atoms with Gasteiger partial charge in [0.2, 0.25) is 5.91 Å². The van der Waals surface area contributed by atoms with Gasteiger partial charge in [0.1, 0.15) is 5.82 Å². The van der Waals surface area contributed by atoms with Gasteiger partial charge in [-0.05, 0) is 24.6 Å². The molecule has 0 aromatic heterocycles. The number of piperazine rings is 1. The molecule has 0 unspecified atom stereocenters. The van der Waals surface area contributed by atoms with E-state index < -0.39 is 23.9 Å². The van der Waals surface area contributed by atoms with Crippen molar-refractivity contribution < 1.29 is 23.5 Å². The lowest BCUT2D eigenvalue weighted by molar-refractivity contribution is -0.139. The average molecular weight is 404 g/mol. The first-order valence-corrected chi connectivity index (χ1v) is 9.60. The first-order chi connectivity index (χ1) is 13.9. The summed E-state index contributed by atoms with van der Waals surface area (Å²) in [6.07, 6.45) is 0. The summed E-state index contributed by atoms with van der Waals surface area (Å²) in [7, 11) is 0. The van der Waals surface area contributed by atoms with Gasteiger partial charge in [-0.25, -0.2) is 14.0 Å². The predicted molar refractivity (Wildman–Crippen MR) is 103 cm³/mol. The molecule has 0 saturated carbocycles. The van der Waals surface area contributed by atoms with Crippen LogP contribution in [0.5, 0.6) is 0 Å². The molecule has 1 saturated heterocycles. The predicted octanol–water partition coefficient (Wildman–Crippen LogP) is 1.16. The normalized spacial score (nSPS) is 20.2. The topological polar surface area (TPSA) is 91.0 Å². The van der Waals surface area contributed by atoms with Gasteiger partial charge in [0.15, 0.2) is 0 Å². The van der Waals surface area contributed by atoms with Crippen molar-refractivity contribution in [2.45, 2.75) is 19.9 Å². The Kier molecular flexibility index (Phi) is 6.48. The minimum absolute atomic E-state index is 0.0254. The Morgan fingerprint density at radius 1 is 1.24 bits per heavy atom. The highest BCUT2D eigenvalue weighted by molar-refractivity contribution is 5.95. The van der Waals surface area contributed by atoms with Gasteiger partial charge in [0, 0.05) is 45.3 Å². The Bertz CT molecular complexity index is 834. The molecule has 2 aliphatic heterocycles. The van der Waals surface area contributed by atoms with E-state index in [2.05, 4.69) is 15.5 Å². The van der Waals surface area contributed by atoms with Gasteiger partial charge in [-0.2, -0.15) is 0 Å². The number of nitrogens with one attached hydrogen (secondary N) is 2. The molecule has 1 aromatic carbocycles. The summed E-state index contributed by atoms with van der Waals surface area (Å²) in [5.41, 5.74) is 1.14. The number of urea groups is 1. The van der Waals surface area contributed by atoms with Crippen LogP contribution >= 0.6 is 0 Å². The quantitative estimate of drug-likeness (QED) is 0.719. The Hall–Kier alpha value is -2.94. The Labute approximate surface area is 168 Å². The van der Waals surface area contributed by atoms with E-state index in [-0.39, 0.29) is 18.1 Å². The fourth-order valence-electron chi connectivity index (χ4n) is 3.57. The van der Waals surface area contributed by atoms with Crippen molar-refractivity contribution in [3.05, 3.63) is 46.9 Å². The Balaban J connectivity index is 1.90. The highest BCUT2D eigenvalue weighted by atomic mass is 19.1. The minimum Gasteiger partial charge on any atom is -0.463 e. The van der Waals surface area contributed by atoms with E-state index in [0.29, 0.717) is 44.0 Å². The van der Waals surface area contributed by atoms with Crippen molar-refractivity contribution in [3.63, 3.8) is 0 Å². The summed E-state index contributed by atoms with van der Waals surface area (Å²) in [5.74, 6) is -0.996. The van der Waals surface area contributed by atoms with Crippen molar-refractivity contribution in [2.24, 2.45) is 0 Å². The molecule has 2 N–H and O–H groups in total. The second-order valence-corrected chi connectivity index (χ2v) is 6.98. The van der Waals surface area contributed by atoms with E-state index in [9.17, 15) is 18.8 Å². The molecule has 1 atom stereocenters. The fourth-order valence-corrected chi connectivity index (χ4v) is 3.57. The van der Waals surface area contributed by atoms with Crippen LogP contribution in [0.3, 0.4) is 0 Å². The lowest BCUT2D eigenvalue weighted by Gasteiger charge is -2.36. The SMILES string of the molecule is CCOC(=O)C1=C(CN2CCN(C(C)=O)CC2)NC(=O)N[C@H]1c1cccc(F)c1. The van der Waals surface area contributed by atoms with Crippen LogP contribution in [0.25, 0.3) is 0 Å². The molecule has 8 nitrogen and oxygen atoms in total. The van der Waals surface area contributed by atoms with Gasteiger partial charge in [-0.3, -0.25) is 9.69 Å². The molecular formula is C20H25FN4O4. The summed E-state index contributed by atoms with van der Waals surface area (Å²) in [6, 6.07) is 4.50. The third kappa shape index (κ3) is 4.92. The lowest BCUT2D eigenvalue weighted by Crippen LogP contribution is -2.52. The first kappa shape index (κ1) is 20.8. The summed E-state index contributed by atoms with van der Waals surface area (Å²) < 4.78 is 19.0. The molecule has 2 heterocycles. The zero-order chi connectivity index (χ0) is 21.0. The number of hydrogen-bond acceptors (Lipinski definition) is 5. The van der Waals surface area contributed by atoms with Gasteiger partial charge in [-0.15, -0.1) is 0 Å². The number of halogens is 1. The van der Waals surface area contributed by atoms with Gasteiger partial charge in [0.05, 0.1) is 18.2 Å². The van der Waals surface area contributed by atoms with Crippen LogP contribution in [-0.4, -0.2) is 67.0 Å². The smallest absolute Gasteiger partial charge is 0.338 e. The number of hydrogen-bond donors (Lipinski definition) is 2. The summed E-state index contributed by atoms with van der Waals surface area (Å²) >= 11 is 0.